The lowest BCUT2D eigenvalue weighted by molar-refractivity contribution is -0.132. The molecule has 0 atom stereocenters. The first-order chi connectivity index (χ1) is 19.4. The Kier molecular flexibility index (Phi) is 11.4. The lowest BCUT2D eigenvalue weighted by Crippen LogP contribution is -2.19. The Morgan fingerprint density at radius 3 is 2.17 bits per heavy atom. The van der Waals surface area contributed by atoms with Crippen molar-refractivity contribution < 1.29 is 28.8 Å². The Hall–Kier alpha value is -4.50. The number of rotatable bonds is 13. The summed E-state index contributed by atoms with van der Waals surface area (Å²) in [5, 5.41) is 12.7. The summed E-state index contributed by atoms with van der Waals surface area (Å²) in [5.41, 5.74) is 4.48. The highest BCUT2D eigenvalue weighted by Gasteiger charge is 2.19. The molecule has 3 rings (SSSR count). The summed E-state index contributed by atoms with van der Waals surface area (Å²) in [5.74, 6) is -0.608. The maximum Gasteiger partial charge on any atom is 0.360 e. The molecule has 3 aromatic carbocycles. The van der Waals surface area contributed by atoms with Gasteiger partial charge in [-0.25, -0.2) is 4.79 Å². The molecule has 0 aliphatic heterocycles. The summed E-state index contributed by atoms with van der Waals surface area (Å²) in [6, 6.07) is 21.6. The largest absolute Gasteiger partial charge is 0.464 e. The maximum absolute atomic E-state index is 12.5. The molecule has 40 heavy (non-hydrogen) atoms. The quantitative estimate of drug-likeness (QED) is 0.115. The van der Waals surface area contributed by atoms with Gasteiger partial charge in [0.1, 0.15) is 32.2 Å². The fraction of sp³-hybridized carbons (Fsp3) is 0.233. The van der Waals surface area contributed by atoms with Gasteiger partial charge in [0, 0.05) is 33.7 Å². The summed E-state index contributed by atoms with van der Waals surface area (Å²) in [7, 11) is 4.06. The first-order valence-corrected chi connectivity index (χ1v) is 12.7. The number of oxime groups is 3. The van der Waals surface area contributed by atoms with E-state index < -0.39 is 5.97 Å². The van der Waals surface area contributed by atoms with Crippen molar-refractivity contribution in [2.45, 2.75) is 26.4 Å². The second kappa shape index (κ2) is 15.2. The fourth-order valence-corrected chi connectivity index (χ4v) is 4.01. The average molecular weight is 564 g/mol. The highest BCUT2D eigenvalue weighted by Crippen LogP contribution is 2.16. The van der Waals surface area contributed by atoms with Crippen LogP contribution in [0.15, 0.2) is 88.3 Å². The van der Waals surface area contributed by atoms with E-state index in [1.807, 2.05) is 30.3 Å². The molecular formula is C30H30ClN3O6. The van der Waals surface area contributed by atoms with Crippen molar-refractivity contribution in [2.75, 3.05) is 21.3 Å². The van der Waals surface area contributed by atoms with Crippen LogP contribution in [-0.2, 0) is 37.1 Å². The number of halogens is 1. The number of ketones is 1. The van der Waals surface area contributed by atoms with Gasteiger partial charge in [-0.1, -0.05) is 87.7 Å². The van der Waals surface area contributed by atoms with E-state index in [9.17, 15) is 9.59 Å². The number of hydrogen-bond donors (Lipinski definition) is 0. The van der Waals surface area contributed by atoms with Gasteiger partial charge in [0.05, 0.1) is 7.11 Å². The number of aryl methyl sites for hydroxylation is 1. The van der Waals surface area contributed by atoms with E-state index in [1.165, 1.54) is 21.3 Å². The molecule has 0 saturated carbocycles. The van der Waals surface area contributed by atoms with Crippen molar-refractivity contribution in [1.29, 1.82) is 0 Å². The molecule has 0 bridgehead atoms. The maximum atomic E-state index is 12.5. The minimum Gasteiger partial charge on any atom is -0.464 e. The first kappa shape index (κ1) is 30.0. The first-order valence-electron chi connectivity index (χ1n) is 12.3. The normalized spacial score (nSPS) is 12.1. The van der Waals surface area contributed by atoms with E-state index in [1.54, 1.807) is 49.4 Å². The average Bonchev–Trinajstić information content (AvgIpc) is 2.97. The SMILES string of the molecule is CON=C(C(=O)OC)c1ccccc1CON=C(C)/C(=N/OC)c1ccc(CCC(=O)c2cccc(Cl)c2)cc1. The Morgan fingerprint density at radius 1 is 0.800 bits per heavy atom. The van der Waals surface area contributed by atoms with Crippen LogP contribution < -0.4 is 0 Å². The number of methoxy groups -OCH3 is 1. The zero-order valence-electron chi connectivity index (χ0n) is 22.7. The Labute approximate surface area is 238 Å². The standard InChI is InChI=1S/C30H30ClN3O6/c1-20(32-40-19-24-8-5-6-11-26(24)29(34-39-4)30(36)37-2)28(33-38-3)22-15-12-21(13-16-22)14-17-27(35)23-9-7-10-25(31)18-23/h5-13,15-16,18H,14,17,19H2,1-4H3/b32-20?,33-28-,34-29?. The van der Waals surface area contributed by atoms with Crippen molar-refractivity contribution in [2.24, 2.45) is 15.5 Å². The molecule has 0 spiro atoms. The lowest BCUT2D eigenvalue weighted by atomic mass is 10.00. The van der Waals surface area contributed by atoms with E-state index >= 15 is 0 Å². The Morgan fingerprint density at radius 2 is 1.50 bits per heavy atom. The summed E-state index contributed by atoms with van der Waals surface area (Å²) in [6.45, 7) is 1.79. The van der Waals surface area contributed by atoms with Crippen LogP contribution in [0.2, 0.25) is 5.02 Å². The Balaban J connectivity index is 1.69. The van der Waals surface area contributed by atoms with Gasteiger partial charge in [-0.2, -0.15) is 0 Å². The van der Waals surface area contributed by atoms with Gasteiger partial charge in [0.25, 0.3) is 0 Å². The smallest absolute Gasteiger partial charge is 0.360 e. The van der Waals surface area contributed by atoms with E-state index in [4.69, 9.17) is 30.9 Å². The van der Waals surface area contributed by atoms with Gasteiger partial charge in [-0.05, 0) is 31.0 Å². The number of carbonyl (C=O) groups is 2. The van der Waals surface area contributed by atoms with Crippen molar-refractivity contribution in [3.63, 3.8) is 0 Å². The molecule has 0 heterocycles. The van der Waals surface area contributed by atoms with E-state index in [0.717, 1.165) is 11.1 Å². The molecule has 208 valence electrons. The minimum atomic E-state index is -0.638. The van der Waals surface area contributed by atoms with Crippen molar-refractivity contribution in [3.8, 4) is 0 Å². The minimum absolute atomic E-state index is 0.0147. The molecular weight excluding hydrogens is 534 g/mol. The predicted molar refractivity (Wildman–Crippen MR) is 154 cm³/mol. The van der Waals surface area contributed by atoms with Crippen LogP contribution in [0.1, 0.15) is 46.0 Å². The van der Waals surface area contributed by atoms with Crippen LogP contribution >= 0.6 is 11.6 Å². The highest BCUT2D eigenvalue weighted by molar-refractivity contribution is 6.47. The topological polar surface area (TPSA) is 108 Å². The zero-order valence-corrected chi connectivity index (χ0v) is 23.5. The van der Waals surface area contributed by atoms with Gasteiger partial charge in [0.15, 0.2) is 11.5 Å². The molecule has 0 unspecified atom stereocenters. The number of hydrogen-bond acceptors (Lipinski definition) is 9. The number of Topliss-reactive ketones (excluding diaryl/α,β-unsaturated/α-hetero) is 1. The van der Waals surface area contributed by atoms with Gasteiger partial charge in [-0.15, -0.1) is 0 Å². The van der Waals surface area contributed by atoms with Crippen LogP contribution in [0.5, 0.6) is 0 Å². The summed E-state index contributed by atoms with van der Waals surface area (Å²) >= 11 is 6.00. The lowest BCUT2D eigenvalue weighted by Gasteiger charge is -2.10. The van der Waals surface area contributed by atoms with E-state index in [2.05, 4.69) is 15.5 Å². The number of carbonyl (C=O) groups excluding carboxylic acids is 2. The van der Waals surface area contributed by atoms with Gasteiger partial charge < -0.3 is 19.2 Å². The van der Waals surface area contributed by atoms with Gasteiger partial charge in [-0.3, -0.25) is 4.79 Å². The number of benzene rings is 3. The molecule has 0 fully saturated rings. The summed E-state index contributed by atoms with van der Waals surface area (Å²) < 4.78 is 4.81. The predicted octanol–water partition coefficient (Wildman–Crippen LogP) is 5.62. The summed E-state index contributed by atoms with van der Waals surface area (Å²) in [4.78, 5) is 40.1. The molecule has 10 heteroatoms. The Bertz CT molecular complexity index is 1420. The third-order valence-corrected chi connectivity index (χ3v) is 6.03. The number of nitrogens with zero attached hydrogens (tertiary/aromatic N) is 3. The third-order valence-electron chi connectivity index (χ3n) is 5.80. The van der Waals surface area contributed by atoms with Crippen LogP contribution in [0.4, 0.5) is 0 Å². The van der Waals surface area contributed by atoms with Crippen LogP contribution in [-0.4, -0.2) is 50.2 Å². The van der Waals surface area contributed by atoms with Crippen molar-refractivity contribution in [1.82, 2.24) is 0 Å². The molecule has 0 saturated heterocycles. The van der Waals surface area contributed by atoms with Crippen molar-refractivity contribution in [3.05, 3.63) is 106 Å². The van der Waals surface area contributed by atoms with E-state index in [-0.39, 0.29) is 18.1 Å². The molecule has 0 radical (unpaired) electrons. The molecule has 0 aromatic heterocycles. The molecule has 0 N–H and O–H groups in total. The van der Waals surface area contributed by atoms with Crippen molar-refractivity contribution >= 4 is 40.5 Å². The molecule has 9 nitrogen and oxygen atoms in total. The second-order valence-electron chi connectivity index (χ2n) is 8.47. The monoisotopic (exact) mass is 563 g/mol. The van der Waals surface area contributed by atoms with Crippen LogP contribution in [0.25, 0.3) is 0 Å². The second-order valence-corrected chi connectivity index (χ2v) is 8.91. The third kappa shape index (κ3) is 8.25. The zero-order chi connectivity index (χ0) is 28.9. The number of esters is 1. The molecule has 0 aliphatic carbocycles. The van der Waals surface area contributed by atoms with Gasteiger partial charge >= 0.3 is 5.97 Å². The summed E-state index contributed by atoms with van der Waals surface area (Å²) in [6.07, 6.45) is 0.944. The van der Waals surface area contributed by atoms with E-state index in [0.29, 0.717) is 46.0 Å². The van der Waals surface area contributed by atoms with Crippen LogP contribution in [0, 0.1) is 0 Å². The van der Waals surface area contributed by atoms with Gasteiger partial charge in [0.2, 0.25) is 0 Å². The molecule has 3 aromatic rings. The fourth-order valence-electron chi connectivity index (χ4n) is 3.82. The molecule has 0 amide bonds. The molecule has 0 aliphatic rings. The van der Waals surface area contributed by atoms with Crippen LogP contribution in [0.3, 0.4) is 0 Å². The highest BCUT2D eigenvalue weighted by atomic mass is 35.5. The number of ether oxygens (including phenoxy) is 1.